The molecule has 1 aliphatic rings. The third-order valence-corrected chi connectivity index (χ3v) is 7.73. The number of thioether (sulfide) groups is 1. The zero-order chi connectivity index (χ0) is 25.2. The average molecular weight is 517 g/mol. The number of amides is 1. The van der Waals surface area contributed by atoms with E-state index in [1.54, 1.807) is 24.1 Å². The van der Waals surface area contributed by atoms with Crippen LogP contribution in [0.25, 0.3) is 17.0 Å². The Morgan fingerprint density at radius 1 is 1.00 bits per heavy atom. The van der Waals surface area contributed by atoms with E-state index in [0.717, 1.165) is 34.2 Å². The Balaban J connectivity index is 1.49. The van der Waals surface area contributed by atoms with Crippen molar-refractivity contribution in [3.8, 4) is 5.75 Å². The lowest BCUT2D eigenvalue weighted by atomic mass is 10.1. The van der Waals surface area contributed by atoms with Gasteiger partial charge in [0.15, 0.2) is 0 Å². The number of rotatable bonds is 7. The number of thiocarbonyl (C=S) groups is 1. The first kappa shape index (κ1) is 24.3. The molecule has 182 valence electrons. The van der Waals surface area contributed by atoms with Crippen LogP contribution in [0.4, 0.5) is 4.39 Å². The van der Waals surface area contributed by atoms with E-state index in [4.69, 9.17) is 17.0 Å². The van der Waals surface area contributed by atoms with Gasteiger partial charge in [0.1, 0.15) is 15.9 Å². The fraction of sp³-hybridized carbons (Fsp3) is 0.172. The minimum atomic E-state index is -0.228. The van der Waals surface area contributed by atoms with Crippen LogP contribution in [0, 0.1) is 5.82 Å². The normalized spacial score (nSPS) is 14.9. The smallest absolute Gasteiger partial charge is 0.266 e. The number of para-hydroxylation sites is 1. The fourth-order valence-corrected chi connectivity index (χ4v) is 5.74. The fourth-order valence-electron chi connectivity index (χ4n) is 4.49. The highest BCUT2D eigenvalue weighted by Gasteiger charge is 2.32. The van der Waals surface area contributed by atoms with Crippen molar-refractivity contribution in [2.24, 2.45) is 0 Å². The van der Waals surface area contributed by atoms with Gasteiger partial charge in [-0.2, -0.15) is 0 Å². The Morgan fingerprint density at radius 2 is 1.75 bits per heavy atom. The van der Waals surface area contributed by atoms with Gasteiger partial charge < -0.3 is 9.30 Å². The molecule has 3 aromatic carbocycles. The average Bonchev–Trinajstić information content (AvgIpc) is 3.37. The Bertz CT molecular complexity index is 1490. The molecule has 5 rings (SSSR count). The Morgan fingerprint density at radius 3 is 2.47 bits per heavy atom. The van der Waals surface area contributed by atoms with E-state index < -0.39 is 0 Å². The summed E-state index contributed by atoms with van der Waals surface area (Å²) in [5, 5.41) is 1.03. The lowest BCUT2D eigenvalue weighted by molar-refractivity contribution is -0.122. The zero-order valence-electron chi connectivity index (χ0n) is 20.0. The number of hydrogen-bond acceptors (Lipinski definition) is 4. The molecular weight excluding hydrogens is 491 g/mol. The van der Waals surface area contributed by atoms with Crippen LogP contribution in [0.2, 0.25) is 0 Å². The molecular formula is C29H25FN2O2S2. The minimum absolute atomic E-state index is 0.109. The van der Waals surface area contributed by atoms with E-state index in [9.17, 15) is 9.18 Å². The Labute approximate surface area is 219 Å². The predicted molar refractivity (Wildman–Crippen MR) is 149 cm³/mol. The number of carbonyl (C=O) groups is 1. The highest BCUT2D eigenvalue weighted by Crippen LogP contribution is 2.36. The van der Waals surface area contributed by atoms with Gasteiger partial charge in [-0.15, -0.1) is 0 Å². The van der Waals surface area contributed by atoms with Gasteiger partial charge in [0, 0.05) is 22.7 Å². The molecule has 0 spiro atoms. The maximum Gasteiger partial charge on any atom is 0.266 e. The summed E-state index contributed by atoms with van der Waals surface area (Å²) in [5.41, 5.74) is 4.75. The molecule has 1 fully saturated rings. The number of benzene rings is 3. The summed E-state index contributed by atoms with van der Waals surface area (Å²) in [5.74, 6) is 0.430. The molecule has 36 heavy (non-hydrogen) atoms. The van der Waals surface area contributed by atoms with E-state index in [2.05, 4.69) is 23.6 Å². The van der Waals surface area contributed by atoms with Crippen molar-refractivity contribution >= 4 is 51.2 Å². The molecule has 0 aliphatic carbocycles. The minimum Gasteiger partial charge on any atom is -0.497 e. The summed E-state index contributed by atoms with van der Waals surface area (Å²) >= 11 is 6.87. The second-order valence-electron chi connectivity index (χ2n) is 8.59. The van der Waals surface area contributed by atoms with Crippen molar-refractivity contribution in [2.75, 3.05) is 7.11 Å². The van der Waals surface area contributed by atoms with E-state index in [0.29, 0.717) is 27.9 Å². The number of methoxy groups -OCH3 is 1. The molecule has 4 aromatic rings. The second kappa shape index (κ2) is 10.3. The van der Waals surface area contributed by atoms with Crippen LogP contribution in [-0.2, 0) is 24.3 Å². The maximum absolute atomic E-state index is 14.5. The molecule has 1 aliphatic heterocycles. The third kappa shape index (κ3) is 4.68. The van der Waals surface area contributed by atoms with E-state index in [1.165, 1.54) is 23.4 Å². The molecule has 1 saturated heterocycles. The molecule has 0 N–H and O–H groups in total. The molecule has 4 nitrogen and oxygen atoms in total. The molecule has 0 unspecified atom stereocenters. The number of halogens is 1. The summed E-state index contributed by atoms with van der Waals surface area (Å²) < 4.78 is 22.3. The van der Waals surface area contributed by atoms with Crippen molar-refractivity contribution in [1.29, 1.82) is 0 Å². The van der Waals surface area contributed by atoms with Crippen molar-refractivity contribution in [3.63, 3.8) is 0 Å². The second-order valence-corrected chi connectivity index (χ2v) is 10.3. The summed E-state index contributed by atoms with van der Waals surface area (Å²) in [6, 6.07) is 20.6. The lowest BCUT2D eigenvalue weighted by Crippen LogP contribution is -2.27. The molecule has 2 heterocycles. The summed E-state index contributed by atoms with van der Waals surface area (Å²) in [4.78, 5) is 15.5. The van der Waals surface area contributed by atoms with Gasteiger partial charge in [-0.05, 0) is 41.8 Å². The van der Waals surface area contributed by atoms with Gasteiger partial charge in [-0.3, -0.25) is 9.69 Å². The standard InChI is InChI=1S/C29H25FN2O2S2/c1-3-20-8-6-9-24-22(18-31(27(20)24)17-21-7-4-5-10-25(21)30)15-26-28(33)32(29(35)36-26)16-19-11-13-23(34-2)14-12-19/h4-15,18H,3,16-17H2,1-2H3/b26-15-. The first-order chi connectivity index (χ1) is 17.5. The highest BCUT2D eigenvalue weighted by molar-refractivity contribution is 8.26. The van der Waals surface area contributed by atoms with Crippen LogP contribution in [0.5, 0.6) is 5.75 Å². The molecule has 7 heteroatoms. The van der Waals surface area contributed by atoms with Crippen LogP contribution in [-0.4, -0.2) is 26.8 Å². The van der Waals surface area contributed by atoms with Crippen molar-refractivity contribution < 1.29 is 13.9 Å². The molecule has 0 atom stereocenters. The predicted octanol–water partition coefficient (Wildman–Crippen LogP) is 6.80. The zero-order valence-corrected chi connectivity index (χ0v) is 21.7. The van der Waals surface area contributed by atoms with Gasteiger partial charge in [0.05, 0.1) is 30.6 Å². The number of nitrogens with zero attached hydrogens (tertiary/aromatic N) is 2. The van der Waals surface area contributed by atoms with Crippen LogP contribution in [0.3, 0.4) is 0 Å². The van der Waals surface area contributed by atoms with E-state index in [-0.39, 0.29) is 11.7 Å². The highest BCUT2D eigenvalue weighted by atomic mass is 32.2. The SMILES string of the molecule is CCc1cccc2c(/C=C3\SC(=S)N(Cc4ccc(OC)cc4)C3=O)cn(Cc3ccccc3F)c12. The summed E-state index contributed by atoms with van der Waals surface area (Å²) in [6.45, 7) is 2.92. The van der Waals surface area contributed by atoms with Gasteiger partial charge in [0.2, 0.25) is 0 Å². The third-order valence-electron chi connectivity index (χ3n) is 6.35. The summed E-state index contributed by atoms with van der Waals surface area (Å²) in [6.07, 6.45) is 4.77. The van der Waals surface area contributed by atoms with Crippen LogP contribution >= 0.6 is 24.0 Å². The number of fused-ring (bicyclic) bond motifs is 1. The van der Waals surface area contributed by atoms with Crippen LogP contribution in [0.15, 0.2) is 77.8 Å². The van der Waals surface area contributed by atoms with Gasteiger partial charge in [-0.1, -0.05) is 79.4 Å². The van der Waals surface area contributed by atoms with Crippen LogP contribution < -0.4 is 4.74 Å². The first-order valence-corrected chi connectivity index (χ1v) is 12.9. The quantitative estimate of drug-likeness (QED) is 0.200. The number of carbonyl (C=O) groups excluding carboxylic acids is 1. The van der Waals surface area contributed by atoms with E-state index in [1.807, 2.05) is 48.7 Å². The summed E-state index contributed by atoms with van der Waals surface area (Å²) in [7, 11) is 1.62. The van der Waals surface area contributed by atoms with Gasteiger partial charge in [0.25, 0.3) is 5.91 Å². The van der Waals surface area contributed by atoms with Gasteiger partial charge >= 0.3 is 0 Å². The first-order valence-electron chi connectivity index (χ1n) is 11.7. The Hall–Kier alpha value is -3.42. The maximum atomic E-state index is 14.5. The number of ether oxygens (including phenoxy) is 1. The van der Waals surface area contributed by atoms with Crippen LogP contribution in [0.1, 0.15) is 29.2 Å². The Kier molecular flexibility index (Phi) is 6.94. The molecule has 1 amide bonds. The van der Waals surface area contributed by atoms with Crippen molar-refractivity contribution in [3.05, 3.63) is 106 Å². The molecule has 0 bridgehead atoms. The molecule has 0 radical (unpaired) electrons. The monoisotopic (exact) mass is 516 g/mol. The van der Waals surface area contributed by atoms with Crippen molar-refractivity contribution in [1.82, 2.24) is 9.47 Å². The number of aromatic nitrogens is 1. The van der Waals surface area contributed by atoms with Gasteiger partial charge in [-0.25, -0.2) is 4.39 Å². The molecule has 0 saturated carbocycles. The number of hydrogen-bond donors (Lipinski definition) is 0. The van der Waals surface area contributed by atoms with E-state index >= 15 is 0 Å². The largest absolute Gasteiger partial charge is 0.497 e. The molecule has 1 aromatic heterocycles. The van der Waals surface area contributed by atoms with Crippen molar-refractivity contribution in [2.45, 2.75) is 26.4 Å². The number of aryl methyl sites for hydroxylation is 1. The topological polar surface area (TPSA) is 34.5 Å². The lowest BCUT2D eigenvalue weighted by Gasteiger charge is -2.14.